The summed E-state index contributed by atoms with van der Waals surface area (Å²) >= 11 is 1.90. The summed E-state index contributed by atoms with van der Waals surface area (Å²) in [6.07, 6.45) is -4.66. The van der Waals surface area contributed by atoms with Crippen LogP contribution in [-0.2, 0) is 27.1 Å². The summed E-state index contributed by atoms with van der Waals surface area (Å²) in [7, 11) is 0. The molecule has 3 unspecified atom stereocenters. The highest BCUT2D eigenvalue weighted by atomic mass is 32.2. The van der Waals surface area contributed by atoms with E-state index in [1.54, 1.807) is 42.5 Å². The molecule has 3 aromatic carbocycles. The first kappa shape index (κ1) is 28.0. The maximum absolute atomic E-state index is 13.9. The number of fused-ring (bicyclic) bond motifs is 2. The van der Waals surface area contributed by atoms with Gasteiger partial charge in [0.25, 0.3) is 0 Å². The quantitative estimate of drug-likeness (QED) is 0.295. The van der Waals surface area contributed by atoms with Crippen molar-refractivity contribution in [1.82, 2.24) is 4.57 Å². The van der Waals surface area contributed by atoms with Crippen LogP contribution in [0, 0.1) is 12.8 Å². The monoisotopic (exact) mass is 609 g/mol. The van der Waals surface area contributed by atoms with Crippen LogP contribution >= 0.6 is 23.1 Å². The largest absolute Gasteiger partial charge is 0.416 e. The molecule has 3 atom stereocenters. The average Bonchev–Trinajstić information content (AvgIpc) is 3.40. The minimum absolute atomic E-state index is 0.167. The van der Waals surface area contributed by atoms with Gasteiger partial charge in [-0.05, 0) is 42.8 Å². The Morgan fingerprint density at radius 1 is 0.929 bits per heavy atom. The Balaban J connectivity index is 1.39. The van der Waals surface area contributed by atoms with Crippen LogP contribution in [0.15, 0.2) is 88.7 Å². The molecule has 0 bridgehead atoms. The fraction of sp³-hybridized carbons (Fsp3) is 0.200. The van der Waals surface area contributed by atoms with E-state index in [-0.39, 0.29) is 12.2 Å². The van der Waals surface area contributed by atoms with Gasteiger partial charge in [-0.2, -0.15) is 13.2 Å². The molecule has 6 rings (SSSR count). The third-order valence-corrected chi connectivity index (χ3v) is 9.88. The zero-order chi connectivity index (χ0) is 29.8. The van der Waals surface area contributed by atoms with Crippen LogP contribution in [0.25, 0.3) is 0 Å². The second-order valence-corrected chi connectivity index (χ2v) is 12.2. The molecule has 0 spiro atoms. The normalized spacial score (nSPS) is 19.9. The average molecular weight is 610 g/mol. The molecule has 4 aromatic rings. The SMILES string of the molecule is Cc1ccc(NC(=O)Cn2c3c(sc2=O)C(c2ccccc2)C2C(=O)N(c4cccc(C(F)(F)F)c4)C(=O)C2S3)cc1. The van der Waals surface area contributed by atoms with Gasteiger partial charge in [0.05, 0.1) is 22.2 Å². The molecule has 3 heterocycles. The number of carbonyl (C=O) groups is 3. The van der Waals surface area contributed by atoms with Crippen molar-refractivity contribution in [1.29, 1.82) is 0 Å². The molecule has 0 saturated carbocycles. The van der Waals surface area contributed by atoms with Crippen LogP contribution in [0.5, 0.6) is 0 Å². The number of nitrogens with one attached hydrogen (secondary N) is 1. The van der Waals surface area contributed by atoms with Crippen molar-refractivity contribution in [2.75, 3.05) is 10.2 Å². The number of hydrogen-bond donors (Lipinski definition) is 1. The molecule has 1 saturated heterocycles. The van der Waals surface area contributed by atoms with Crippen LogP contribution in [-0.4, -0.2) is 27.5 Å². The van der Waals surface area contributed by atoms with Crippen molar-refractivity contribution in [3.63, 3.8) is 0 Å². The lowest BCUT2D eigenvalue weighted by Crippen LogP contribution is -2.33. The van der Waals surface area contributed by atoms with E-state index in [0.29, 0.717) is 21.2 Å². The Labute approximate surface area is 246 Å². The van der Waals surface area contributed by atoms with Crippen LogP contribution in [0.2, 0.25) is 0 Å². The number of imide groups is 1. The van der Waals surface area contributed by atoms with Crippen molar-refractivity contribution < 1.29 is 27.6 Å². The molecule has 42 heavy (non-hydrogen) atoms. The minimum atomic E-state index is -4.66. The number of aromatic nitrogens is 1. The number of thiazole rings is 1. The number of anilines is 2. The van der Waals surface area contributed by atoms with Gasteiger partial charge in [0.1, 0.15) is 11.8 Å². The summed E-state index contributed by atoms with van der Waals surface area (Å²) in [6, 6.07) is 20.2. The predicted octanol–water partition coefficient (Wildman–Crippen LogP) is 5.67. The van der Waals surface area contributed by atoms with Gasteiger partial charge in [0.2, 0.25) is 17.7 Å². The van der Waals surface area contributed by atoms with Gasteiger partial charge in [0, 0.05) is 16.5 Å². The van der Waals surface area contributed by atoms with E-state index in [9.17, 15) is 32.3 Å². The Kier molecular flexibility index (Phi) is 7.06. The van der Waals surface area contributed by atoms with Gasteiger partial charge in [-0.25, -0.2) is 4.90 Å². The molecular weight excluding hydrogens is 587 g/mol. The van der Waals surface area contributed by atoms with E-state index in [1.165, 1.54) is 10.6 Å². The fourth-order valence-corrected chi connectivity index (χ4v) is 8.10. The highest BCUT2D eigenvalue weighted by Gasteiger charge is 2.57. The number of nitrogens with zero attached hydrogens (tertiary/aromatic N) is 2. The molecule has 7 nitrogen and oxygen atoms in total. The topological polar surface area (TPSA) is 88.5 Å². The van der Waals surface area contributed by atoms with Crippen molar-refractivity contribution in [3.8, 4) is 0 Å². The molecule has 2 aliphatic heterocycles. The zero-order valence-corrected chi connectivity index (χ0v) is 23.6. The number of hydrogen-bond acceptors (Lipinski definition) is 6. The van der Waals surface area contributed by atoms with E-state index in [0.717, 1.165) is 51.8 Å². The maximum Gasteiger partial charge on any atom is 0.416 e. The molecule has 0 radical (unpaired) electrons. The number of halogens is 3. The van der Waals surface area contributed by atoms with E-state index in [1.807, 2.05) is 19.1 Å². The first-order valence-corrected chi connectivity index (χ1v) is 14.6. The summed E-state index contributed by atoms with van der Waals surface area (Å²) in [5.41, 5.74) is 1.11. The molecule has 0 aliphatic carbocycles. The van der Waals surface area contributed by atoms with Gasteiger partial charge in [-0.15, -0.1) is 0 Å². The summed E-state index contributed by atoms with van der Waals surface area (Å²) < 4.78 is 41.7. The molecule has 3 amide bonds. The Morgan fingerprint density at radius 3 is 2.33 bits per heavy atom. The van der Waals surface area contributed by atoms with Crippen molar-refractivity contribution in [2.45, 2.75) is 35.8 Å². The van der Waals surface area contributed by atoms with Gasteiger partial charge in [-0.3, -0.25) is 23.7 Å². The Bertz CT molecular complexity index is 1770. The molecular formula is C30H22F3N3O4S2. The lowest BCUT2D eigenvalue weighted by atomic mass is 9.83. The van der Waals surface area contributed by atoms with Gasteiger partial charge < -0.3 is 5.32 Å². The highest BCUT2D eigenvalue weighted by molar-refractivity contribution is 8.00. The Hall–Kier alpha value is -4.16. The van der Waals surface area contributed by atoms with E-state index >= 15 is 0 Å². The Morgan fingerprint density at radius 2 is 1.64 bits per heavy atom. The third kappa shape index (κ3) is 4.94. The molecule has 214 valence electrons. The molecule has 1 aromatic heterocycles. The molecule has 2 aliphatic rings. The van der Waals surface area contributed by atoms with Crippen molar-refractivity contribution in [2.24, 2.45) is 5.92 Å². The van der Waals surface area contributed by atoms with Crippen LogP contribution in [0.1, 0.15) is 27.5 Å². The highest BCUT2D eigenvalue weighted by Crippen LogP contribution is 2.54. The lowest BCUT2D eigenvalue weighted by Gasteiger charge is -2.30. The predicted molar refractivity (Wildman–Crippen MR) is 154 cm³/mol. The number of alkyl halides is 3. The van der Waals surface area contributed by atoms with Crippen LogP contribution < -0.4 is 15.1 Å². The minimum Gasteiger partial charge on any atom is -0.325 e. The number of carbonyl (C=O) groups excluding carboxylic acids is 3. The van der Waals surface area contributed by atoms with Gasteiger partial charge in [0.15, 0.2) is 0 Å². The van der Waals surface area contributed by atoms with E-state index < -0.39 is 51.4 Å². The summed E-state index contributed by atoms with van der Waals surface area (Å²) in [4.78, 5) is 54.7. The fourth-order valence-electron chi connectivity index (χ4n) is 5.33. The maximum atomic E-state index is 13.9. The van der Waals surface area contributed by atoms with E-state index in [2.05, 4.69) is 5.32 Å². The number of thioether (sulfide) groups is 1. The first-order valence-electron chi connectivity index (χ1n) is 12.9. The van der Waals surface area contributed by atoms with Crippen molar-refractivity contribution in [3.05, 3.63) is 110 Å². The summed E-state index contributed by atoms with van der Waals surface area (Å²) in [6.45, 7) is 1.60. The summed E-state index contributed by atoms with van der Waals surface area (Å²) in [5, 5.41) is 2.15. The second-order valence-electron chi connectivity index (χ2n) is 10.1. The number of amides is 3. The van der Waals surface area contributed by atoms with Crippen LogP contribution in [0.3, 0.4) is 0 Å². The number of benzene rings is 3. The lowest BCUT2D eigenvalue weighted by molar-refractivity contribution is -0.137. The van der Waals surface area contributed by atoms with Gasteiger partial charge >= 0.3 is 11.0 Å². The smallest absolute Gasteiger partial charge is 0.325 e. The summed E-state index contributed by atoms with van der Waals surface area (Å²) in [5.74, 6) is -3.42. The second kappa shape index (κ2) is 10.6. The van der Waals surface area contributed by atoms with Crippen molar-refractivity contribution >= 4 is 52.2 Å². The number of rotatable bonds is 5. The molecule has 12 heteroatoms. The third-order valence-electron chi connectivity index (χ3n) is 7.28. The standard InChI is InChI=1S/C30H22F3N3O4S2/c1-16-10-12-19(13-11-16)34-21(37)15-35-28-25(42-29(35)40)22(17-6-3-2-4-7-17)23-24(41-28)27(39)36(26(23)38)20-9-5-8-18(14-20)30(31,32)33/h2-14,22-24H,15H2,1H3,(H,34,37). The van der Waals surface area contributed by atoms with Gasteiger partial charge in [-0.1, -0.05) is 77.2 Å². The van der Waals surface area contributed by atoms with Crippen LogP contribution in [0.4, 0.5) is 24.5 Å². The number of aryl methyl sites for hydroxylation is 1. The first-order chi connectivity index (χ1) is 20.0. The molecule has 1 fully saturated rings. The molecule has 1 N–H and O–H groups in total. The van der Waals surface area contributed by atoms with E-state index in [4.69, 9.17) is 0 Å². The zero-order valence-electron chi connectivity index (χ0n) is 21.9.